The van der Waals surface area contributed by atoms with Gasteiger partial charge in [-0.2, -0.15) is 0 Å². The van der Waals surface area contributed by atoms with Gasteiger partial charge in [-0.1, -0.05) is 12.8 Å². The van der Waals surface area contributed by atoms with Crippen molar-refractivity contribution in [2.24, 2.45) is 0 Å². The van der Waals surface area contributed by atoms with E-state index < -0.39 is 23.8 Å². The molecule has 0 aromatic heterocycles. The zero-order chi connectivity index (χ0) is 18.0. The van der Waals surface area contributed by atoms with Gasteiger partial charge in [-0.15, -0.1) is 0 Å². The van der Waals surface area contributed by atoms with Crippen LogP contribution in [-0.4, -0.2) is 54.8 Å². The summed E-state index contributed by atoms with van der Waals surface area (Å²) < 4.78 is 29.9. The maximum absolute atomic E-state index is 11.1. The van der Waals surface area contributed by atoms with E-state index in [1.807, 2.05) is 6.08 Å². The summed E-state index contributed by atoms with van der Waals surface area (Å²) in [5.74, 6) is -1.07. The maximum Gasteiger partial charge on any atom is 0.169 e. The van der Waals surface area contributed by atoms with Crippen LogP contribution in [-0.2, 0) is 23.7 Å². The van der Waals surface area contributed by atoms with Crippen LogP contribution in [0.15, 0.2) is 12.3 Å². The average molecular weight is 368 g/mol. The highest BCUT2D eigenvalue weighted by atomic mass is 16.8. The van der Waals surface area contributed by atoms with E-state index in [1.165, 1.54) is 12.8 Å². The lowest BCUT2D eigenvalue weighted by Gasteiger charge is -2.34. The highest BCUT2D eigenvalue weighted by Gasteiger charge is 2.53. The second-order valence-electron chi connectivity index (χ2n) is 8.13. The summed E-state index contributed by atoms with van der Waals surface area (Å²) >= 11 is 0. The van der Waals surface area contributed by atoms with Gasteiger partial charge < -0.3 is 28.8 Å². The molecule has 0 amide bonds. The summed E-state index contributed by atoms with van der Waals surface area (Å²) in [4.78, 5) is 0. The molecule has 6 heteroatoms. The fourth-order valence-electron chi connectivity index (χ4n) is 4.86. The van der Waals surface area contributed by atoms with E-state index in [1.54, 1.807) is 13.4 Å². The lowest BCUT2D eigenvalue weighted by atomic mass is 9.94. The maximum atomic E-state index is 11.1. The lowest BCUT2D eigenvalue weighted by molar-refractivity contribution is -0.216. The standard InChI is InChI=1S/C20H32O6/c1-22-13-8-15-18(26-20(24-15)11-6-3-7-12-20)17(21)16-14-23-19(25-16)9-4-2-5-10-19/h8,13,15-18,21H,2-7,9-12,14H2,1H3/t15-,16?,17-,18?/m0/s1. The summed E-state index contributed by atoms with van der Waals surface area (Å²) in [7, 11) is 1.61. The second-order valence-corrected chi connectivity index (χ2v) is 8.13. The van der Waals surface area contributed by atoms with Crippen molar-refractivity contribution < 1.29 is 28.8 Å². The molecule has 4 aliphatic rings. The first kappa shape index (κ1) is 18.7. The molecule has 2 heterocycles. The van der Waals surface area contributed by atoms with Gasteiger partial charge >= 0.3 is 0 Å². The van der Waals surface area contributed by atoms with Crippen LogP contribution in [0.3, 0.4) is 0 Å². The minimum atomic E-state index is -0.788. The van der Waals surface area contributed by atoms with Crippen molar-refractivity contribution in [1.29, 1.82) is 0 Å². The molecule has 26 heavy (non-hydrogen) atoms. The Hall–Kier alpha value is -0.660. The largest absolute Gasteiger partial charge is 0.505 e. The van der Waals surface area contributed by atoms with Crippen LogP contribution in [0.5, 0.6) is 0 Å². The van der Waals surface area contributed by atoms with Crippen LogP contribution in [0.4, 0.5) is 0 Å². The van der Waals surface area contributed by atoms with Crippen LogP contribution in [0.1, 0.15) is 64.2 Å². The normalized spacial score (nSPS) is 37.5. The van der Waals surface area contributed by atoms with Crippen molar-refractivity contribution in [3.8, 4) is 0 Å². The third kappa shape index (κ3) is 3.67. The topological polar surface area (TPSA) is 66.4 Å². The Labute approximate surface area is 155 Å². The second kappa shape index (κ2) is 7.76. The van der Waals surface area contributed by atoms with Crippen LogP contribution in [0.25, 0.3) is 0 Å². The first-order valence-corrected chi connectivity index (χ1v) is 10.2. The molecule has 0 bridgehead atoms. The van der Waals surface area contributed by atoms with Crippen molar-refractivity contribution in [2.75, 3.05) is 13.7 Å². The smallest absolute Gasteiger partial charge is 0.169 e. The van der Waals surface area contributed by atoms with E-state index in [4.69, 9.17) is 23.7 Å². The number of hydrogen-bond acceptors (Lipinski definition) is 6. The van der Waals surface area contributed by atoms with Crippen molar-refractivity contribution in [3.05, 3.63) is 12.3 Å². The van der Waals surface area contributed by atoms with E-state index in [2.05, 4.69) is 0 Å². The van der Waals surface area contributed by atoms with E-state index >= 15 is 0 Å². The van der Waals surface area contributed by atoms with Crippen LogP contribution >= 0.6 is 0 Å². The summed E-state index contributed by atoms with van der Waals surface area (Å²) in [6.45, 7) is 0.411. The molecule has 1 N–H and O–H groups in total. The van der Waals surface area contributed by atoms with Gasteiger partial charge in [-0.3, -0.25) is 0 Å². The molecular formula is C20H32O6. The minimum Gasteiger partial charge on any atom is -0.505 e. The zero-order valence-corrected chi connectivity index (χ0v) is 15.7. The Morgan fingerprint density at radius 2 is 1.58 bits per heavy atom. The molecule has 2 unspecified atom stereocenters. The average Bonchev–Trinajstić information content (AvgIpc) is 3.23. The van der Waals surface area contributed by atoms with Gasteiger partial charge in [0.2, 0.25) is 0 Å². The number of hydrogen-bond donors (Lipinski definition) is 1. The molecule has 2 aliphatic heterocycles. The van der Waals surface area contributed by atoms with Gasteiger partial charge in [-0.25, -0.2) is 0 Å². The quantitative estimate of drug-likeness (QED) is 0.770. The van der Waals surface area contributed by atoms with Gasteiger partial charge in [0.15, 0.2) is 11.6 Å². The van der Waals surface area contributed by atoms with Crippen molar-refractivity contribution in [2.45, 2.75) is 100 Å². The summed E-state index contributed by atoms with van der Waals surface area (Å²) in [5, 5.41) is 11.1. The molecule has 0 radical (unpaired) electrons. The molecule has 4 rings (SSSR count). The molecule has 2 saturated heterocycles. The Balaban J connectivity index is 1.46. The first-order chi connectivity index (χ1) is 12.7. The summed E-state index contributed by atoms with van der Waals surface area (Å²) in [5.41, 5.74) is 0. The summed E-state index contributed by atoms with van der Waals surface area (Å²) in [6, 6.07) is 0. The molecule has 6 nitrogen and oxygen atoms in total. The van der Waals surface area contributed by atoms with E-state index in [-0.39, 0.29) is 12.2 Å². The van der Waals surface area contributed by atoms with Crippen molar-refractivity contribution in [1.82, 2.24) is 0 Å². The number of aliphatic hydroxyl groups is 1. The number of methoxy groups -OCH3 is 1. The molecule has 0 aromatic rings. The van der Waals surface area contributed by atoms with Gasteiger partial charge in [-0.05, 0) is 31.8 Å². The van der Waals surface area contributed by atoms with Crippen molar-refractivity contribution >= 4 is 0 Å². The number of ether oxygens (including phenoxy) is 5. The Bertz CT molecular complexity index is 495. The van der Waals surface area contributed by atoms with E-state index in [0.717, 1.165) is 51.4 Å². The van der Waals surface area contributed by atoms with Gasteiger partial charge in [0.25, 0.3) is 0 Å². The fourth-order valence-corrected chi connectivity index (χ4v) is 4.86. The highest BCUT2D eigenvalue weighted by Crippen LogP contribution is 2.44. The molecule has 4 fully saturated rings. The summed E-state index contributed by atoms with van der Waals surface area (Å²) in [6.07, 6.45) is 11.9. The fraction of sp³-hybridized carbons (Fsp3) is 0.900. The molecule has 2 spiro atoms. The SMILES string of the molecule is COC=C[C@@H]1OC2(CCCCC2)OC1[C@@H](O)C1COC2(CCCCC2)O1. The molecular weight excluding hydrogens is 336 g/mol. The van der Waals surface area contributed by atoms with E-state index in [9.17, 15) is 5.11 Å². The van der Waals surface area contributed by atoms with Crippen LogP contribution in [0, 0.1) is 0 Å². The minimum absolute atomic E-state index is 0.338. The van der Waals surface area contributed by atoms with Crippen LogP contribution in [0.2, 0.25) is 0 Å². The molecule has 4 atom stereocenters. The monoisotopic (exact) mass is 368 g/mol. The Morgan fingerprint density at radius 1 is 0.923 bits per heavy atom. The van der Waals surface area contributed by atoms with E-state index in [0.29, 0.717) is 6.61 Å². The zero-order valence-electron chi connectivity index (χ0n) is 15.7. The van der Waals surface area contributed by atoms with Crippen molar-refractivity contribution in [3.63, 3.8) is 0 Å². The Morgan fingerprint density at radius 3 is 2.23 bits per heavy atom. The Kier molecular flexibility index (Phi) is 5.58. The predicted molar refractivity (Wildman–Crippen MR) is 94.4 cm³/mol. The predicted octanol–water partition coefficient (Wildman–Crippen LogP) is 3.03. The number of aliphatic hydroxyl groups excluding tert-OH is 1. The first-order valence-electron chi connectivity index (χ1n) is 10.2. The molecule has 0 aromatic carbocycles. The molecule has 2 saturated carbocycles. The third-order valence-corrected chi connectivity index (χ3v) is 6.25. The van der Waals surface area contributed by atoms with Crippen LogP contribution < -0.4 is 0 Å². The van der Waals surface area contributed by atoms with Gasteiger partial charge in [0.05, 0.1) is 20.0 Å². The lowest BCUT2D eigenvalue weighted by Crippen LogP contribution is -2.45. The molecule has 148 valence electrons. The van der Waals surface area contributed by atoms with Gasteiger partial charge in [0, 0.05) is 25.7 Å². The molecule has 2 aliphatic carbocycles. The highest BCUT2D eigenvalue weighted by molar-refractivity contribution is 5.03. The third-order valence-electron chi connectivity index (χ3n) is 6.25. The van der Waals surface area contributed by atoms with Gasteiger partial charge in [0.1, 0.15) is 24.4 Å². The number of rotatable bonds is 4.